The van der Waals surface area contributed by atoms with Crippen LogP contribution < -0.4 is 4.74 Å². The van der Waals surface area contributed by atoms with Crippen LogP contribution in [0, 0.1) is 6.92 Å². The van der Waals surface area contributed by atoms with Crippen molar-refractivity contribution in [3.63, 3.8) is 0 Å². The average Bonchev–Trinajstić information content (AvgIpc) is 2.39. The van der Waals surface area contributed by atoms with Crippen molar-refractivity contribution in [1.82, 2.24) is 0 Å². The van der Waals surface area contributed by atoms with Gasteiger partial charge in [0.15, 0.2) is 0 Å². The molecule has 90 valence electrons. The maximum absolute atomic E-state index is 11.8. The highest BCUT2D eigenvalue weighted by Crippen LogP contribution is 2.14. The summed E-state index contributed by atoms with van der Waals surface area (Å²) in [5.74, 6) is 0.0182. The molecule has 0 radical (unpaired) electrons. The van der Waals surface area contributed by atoms with Crippen molar-refractivity contribution in [2.75, 3.05) is 0 Å². The molecule has 0 N–H and O–H groups in total. The van der Waals surface area contributed by atoms with Crippen LogP contribution in [0.1, 0.15) is 26.3 Å². The van der Waals surface area contributed by atoms with Crippen LogP contribution in [0.3, 0.4) is 0 Å². The molecule has 0 atom stereocenters. The zero-order valence-corrected chi connectivity index (χ0v) is 9.92. The molecule has 2 aromatic carbocycles. The van der Waals surface area contributed by atoms with E-state index < -0.39 is 5.97 Å². The fourth-order valence-corrected chi connectivity index (χ4v) is 1.55. The first-order chi connectivity index (χ1) is 8.69. The van der Waals surface area contributed by atoms with Gasteiger partial charge in [-0.3, -0.25) is 4.79 Å². The van der Waals surface area contributed by atoms with Crippen LogP contribution in [0.15, 0.2) is 48.5 Å². The number of esters is 1. The number of hydrogen-bond donors (Lipinski definition) is 0. The molecule has 2 aromatic rings. The summed E-state index contributed by atoms with van der Waals surface area (Å²) in [6, 6.07) is 13.6. The highest BCUT2D eigenvalue weighted by molar-refractivity contribution is 5.91. The minimum atomic E-state index is -0.405. The molecule has 0 amide bonds. The predicted molar refractivity (Wildman–Crippen MR) is 68.0 cm³/mol. The van der Waals surface area contributed by atoms with Crippen LogP contribution >= 0.6 is 0 Å². The van der Waals surface area contributed by atoms with E-state index in [9.17, 15) is 9.59 Å². The Morgan fingerprint density at radius 1 is 1.11 bits per heavy atom. The molecular formula is C15H12O3. The summed E-state index contributed by atoms with van der Waals surface area (Å²) in [6.45, 7) is 1.91. The van der Waals surface area contributed by atoms with Crippen molar-refractivity contribution in [1.29, 1.82) is 0 Å². The standard InChI is InChI=1S/C15H12O3/c1-11-3-2-4-13(9-11)15(17)18-14-7-5-12(10-16)6-8-14/h2-10H,1H3. The van der Waals surface area contributed by atoms with E-state index in [1.165, 1.54) is 0 Å². The highest BCUT2D eigenvalue weighted by atomic mass is 16.5. The molecule has 0 spiro atoms. The van der Waals surface area contributed by atoms with Crippen molar-refractivity contribution in [3.8, 4) is 5.75 Å². The molecule has 3 nitrogen and oxygen atoms in total. The smallest absolute Gasteiger partial charge is 0.343 e. The van der Waals surface area contributed by atoms with Gasteiger partial charge in [-0.05, 0) is 43.3 Å². The minimum Gasteiger partial charge on any atom is -0.423 e. The molecule has 0 saturated carbocycles. The van der Waals surface area contributed by atoms with Crippen LogP contribution in [0.4, 0.5) is 0 Å². The largest absolute Gasteiger partial charge is 0.423 e. The number of benzene rings is 2. The Labute approximate surface area is 105 Å². The summed E-state index contributed by atoms with van der Waals surface area (Å²) in [4.78, 5) is 22.3. The number of aldehydes is 1. The zero-order chi connectivity index (χ0) is 13.0. The Morgan fingerprint density at radius 3 is 2.44 bits per heavy atom. The summed E-state index contributed by atoms with van der Waals surface area (Å²) in [5.41, 5.74) is 2.06. The second-order valence-corrected chi connectivity index (χ2v) is 3.95. The zero-order valence-electron chi connectivity index (χ0n) is 9.92. The summed E-state index contributed by atoms with van der Waals surface area (Å²) in [7, 11) is 0. The molecule has 0 unspecified atom stereocenters. The Morgan fingerprint density at radius 2 is 1.83 bits per heavy atom. The summed E-state index contributed by atoms with van der Waals surface area (Å²) in [5, 5.41) is 0. The highest BCUT2D eigenvalue weighted by Gasteiger charge is 2.08. The van der Waals surface area contributed by atoms with E-state index in [0.29, 0.717) is 16.9 Å². The van der Waals surface area contributed by atoms with Gasteiger partial charge in [-0.15, -0.1) is 0 Å². The fraction of sp³-hybridized carbons (Fsp3) is 0.0667. The molecule has 0 aliphatic carbocycles. The van der Waals surface area contributed by atoms with Crippen molar-refractivity contribution in [2.24, 2.45) is 0 Å². The number of ether oxygens (including phenoxy) is 1. The molecule has 0 aliphatic rings. The lowest BCUT2D eigenvalue weighted by Crippen LogP contribution is -2.08. The fourth-order valence-electron chi connectivity index (χ4n) is 1.55. The normalized spacial score (nSPS) is 9.83. The first-order valence-electron chi connectivity index (χ1n) is 5.53. The molecule has 2 rings (SSSR count). The average molecular weight is 240 g/mol. The van der Waals surface area contributed by atoms with Crippen LogP contribution in [0.5, 0.6) is 5.75 Å². The summed E-state index contributed by atoms with van der Waals surface area (Å²) >= 11 is 0. The van der Waals surface area contributed by atoms with E-state index in [1.807, 2.05) is 13.0 Å². The molecular weight excluding hydrogens is 228 g/mol. The summed E-state index contributed by atoms with van der Waals surface area (Å²) in [6.07, 6.45) is 0.742. The molecule has 3 heteroatoms. The van der Waals surface area contributed by atoms with Gasteiger partial charge in [0.05, 0.1) is 5.56 Å². The second kappa shape index (κ2) is 5.27. The van der Waals surface area contributed by atoms with Crippen molar-refractivity contribution in [2.45, 2.75) is 6.92 Å². The van der Waals surface area contributed by atoms with Gasteiger partial charge in [0.2, 0.25) is 0 Å². The van der Waals surface area contributed by atoms with Crippen molar-refractivity contribution in [3.05, 3.63) is 65.2 Å². The lowest BCUT2D eigenvalue weighted by Gasteiger charge is -2.04. The maximum Gasteiger partial charge on any atom is 0.343 e. The van der Waals surface area contributed by atoms with E-state index >= 15 is 0 Å². The SMILES string of the molecule is Cc1cccc(C(=O)Oc2ccc(C=O)cc2)c1. The Kier molecular flexibility index (Phi) is 3.53. The van der Waals surface area contributed by atoms with Gasteiger partial charge < -0.3 is 4.74 Å². The molecule has 0 aliphatic heterocycles. The van der Waals surface area contributed by atoms with Gasteiger partial charge >= 0.3 is 5.97 Å². The van der Waals surface area contributed by atoms with E-state index in [0.717, 1.165) is 11.8 Å². The van der Waals surface area contributed by atoms with Crippen LogP contribution in [0.2, 0.25) is 0 Å². The Hall–Kier alpha value is -2.42. The maximum atomic E-state index is 11.8. The molecule has 18 heavy (non-hydrogen) atoms. The van der Waals surface area contributed by atoms with Gasteiger partial charge in [-0.2, -0.15) is 0 Å². The number of aryl methyl sites for hydroxylation is 1. The topological polar surface area (TPSA) is 43.4 Å². The van der Waals surface area contributed by atoms with E-state index in [4.69, 9.17) is 4.74 Å². The van der Waals surface area contributed by atoms with Crippen molar-refractivity contribution >= 4 is 12.3 Å². The number of carbonyl (C=O) groups excluding carboxylic acids is 2. The van der Waals surface area contributed by atoms with E-state index in [-0.39, 0.29) is 0 Å². The predicted octanol–water partition coefficient (Wildman–Crippen LogP) is 3.03. The monoisotopic (exact) mass is 240 g/mol. The third-order valence-corrected chi connectivity index (χ3v) is 2.48. The van der Waals surface area contributed by atoms with Gasteiger partial charge in [-0.1, -0.05) is 17.7 Å². The first-order valence-corrected chi connectivity index (χ1v) is 5.53. The van der Waals surface area contributed by atoms with Crippen LogP contribution in [0.25, 0.3) is 0 Å². The number of carbonyl (C=O) groups is 2. The second-order valence-electron chi connectivity index (χ2n) is 3.95. The lowest BCUT2D eigenvalue weighted by atomic mass is 10.1. The molecule has 0 aromatic heterocycles. The molecule has 0 saturated heterocycles. The third kappa shape index (κ3) is 2.83. The van der Waals surface area contributed by atoms with Crippen LogP contribution in [-0.2, 0) is 0 Å². The van der Waals surface area contributed by atoms with Gasteiger partial charge in [-0.25, -0.2) is 4.79 Å². The van der Waals surface area contributed by atoms with Gasteiger partial charge in [0, 0.05) is 5.56 Å². The number of hydrogen-bond acceptors (Lipinski definition) is 3. The van der Waals surface area contributed by atoms with Crippen molar-refractivity contribution < 1.29 is 14.3 Å². The minimum absolute atomic E-state index is 0.405. The van der Waals surface area contributed by atoms with E-state index in [1.54, 1.807) is 42.5 Å². The molecule has 0 bridgehead atoms. The Balaban J connectivity index is 2.13. The third-order valence-electron chi connectivity index (χ3n) is 2.48. The van der Waals surface area contributed by atoms with E-state index in [2.05, 4.69) is 0 Å². The molecule has 0 fully saturated rings. The Bertz CT molecular complexity index is 571. The quantitative estimate of drug-likeness (QED) is 0.470. The molecule has 0 heterocycles. The van der Waals surface area contributed by atoms with Crippen LogP contribution in [-0.4, -0.2) is 12.3 Å². The van der Waals surface area contributed by atoms with Gasteiger partial charge in [0.1, 0.15) is 12.0 Å². The first kappa shape index (κ1) is 12.0. The lowest BCUT2D eigenvalue weighted by molar-refractivity contribution is 0.0734. The number of rotatable bonds is 3. The van der Waals surface area contributed by atoms with Gasteiger partial charge in [0.25, 0.3) is 0 Å². The summed E-state index contributed by atoms with van der Waals surface area (Å²) < 4.78 is 5.20.